The molecular weight excluding hydrogens is 426 g/mol. The van der Waals surface area contributed by atoms with Gasteiger partial charge in [0.05, 0.1) is 5.69 Å². The van der Waals surface area contributed by atoms with Crippen LogP contribution < -0.4 is 5.56 Å². The highest BCUT2D eigenvalue weighted by molar-refractivity contribution is 7.98. The van der Waals surface area contributed by atoms with Gasteiger partial charge in [0.25, 0.3) is 5.56 Å². The Morgan fingerprint density at radius 3 is 2.65 bits per heavy atom. The van der Waals surface area contributed by atoms with Crippen LogP contribution in [0.5, 0.6) is 0 Å². The van der Waals surface area contributed by atoms with E-state index in [-0.39, 0.29) is 5.56 Å². The van der Waals surface area contributed by atoms with Crippen molar-refractivity contribution in [2.45, 2.75) is 24.8 Å². The van der Waals surface area contributed by atoms with Gasteiger partial charge in [0.1, 0.15) is 11.0 Å². The number of aromatic amines is 1. The highest BCUT2D eigenvalue weighted by Crippen LogP contribution is 2.30. The number of fused-ring (bicyclic) bond motifs is 3. The minimum absolute atomic E-state index is 0.100. The lowest BCUT2D eigenvalue weighted by Crippen LogP contribution is -2.22. The van der Waals surface area contributed by atoms with Crippen molar-refractivity contribution in [2.75, 3.05) is 0 Å². The molecule has 6 heteroatoms. The Morgan fingerprint density at radius 1 is 1.03 bits per heavy atom. The van der Waals surface area contributed by atoms with Crippen LogP contribution in [0.3, 0.4) is 0 Å². The number of para-hydroxylation sites is 1. The van der Waals surface area contributed by atoms with Crippen LogP contribution >= 0.6 is 23.4 Å². The molecule has 3 aromatic carbocycles. The van der Waals surface area contributed by atoms with Gasteiger partial charge < -0.3 is 4.98 Å². The molecule has 0 unspecified atom stereocenters. The largest absolute Gasteiger partial charge is 0.349 e. The van der Waals surface area contributed by atoms with Gasteiger partial charge in [0.15, 0.2) is 5.16 Å². The molecule has 0 saturated heterocycles. The number of hydrogen-bond donors (Lipinski definition) is 1. The Kier molecular flexibility index (Phi) is 5.08. The lowest BCUT2D eigenvalue weighted by Gasteiger charge is -2.15. The number of benzene rings is 3. The van der Waals surface area contributed by atoms with Crippen molar-refractivity contribution in [2.24, 2.45) is 0 Å². The second-order valence-corrected chi connectivity index (χ2v) is 8.95. The van der Waals surface area contributed by atoms with Gasteiger partial charge in [0.2, 0.25) is 0 Å². The quantitative estimate of drug-likeness (QED) is 0.256. The topological polar surface area (TPSA) is 50.7 Å². The highest BCUT2D eigenvalue weighted by atomic mass is 35.5. The Labute approximate surface area is 188 Å². The molecule has 154 valence electrons. The summed E-state index contributed by atoms with van der Waals surface area (Å²) in [4.78, 5) is 22.0. The molecule has 0 saturated carbocycles. The zero-order valence-corrected chi connectivity index (χ0v) is 18.7. The van der Waals surface area contributed by atoms with Crippen molar-refractivity contribution >= 4 is 45.3 Å². The molecule has 0 aliphatic heterocycles. The Morgan fingerprint density at radius 2 is 1.81 bits per heavy atom. The summed E-state index contributed by atoms with van der Waals surface area (Å²) in [6.45, 7) is 4.04. The second kappa shape index (κ2) is 7.91. The first kappa shape index (κ1) is 19.9. The van der Waals surface area contributed by atoms with Crippen LogP contribution in [0, 0.1) is 13.8 Å². The standard InChI is InChI=1S/C25H20ClN3OS/c1-15-11-12-16(2)21(13-15)29-24(30)23-22(18-8-4-6-10-20(18)27-23)28-25(29)31-14-17-7-3-5-9-19(17)26/h3-13,27H,14H2,1-2H3. The summed E-state index contributed by atoms with van der Waals surface area (Å²) in [7, 11) is 0. The van der Waals surface area contributed by atoms with E-state index >= 15 is 0 Å². The van der Waals surface area contributed by atoms with E-state index < -0.39 is 0 Å². The molecule has 5 rings (SSSR count). The zero-order valence-electron chi connectivity index (χ0n) is 17.1. The van der Waals surface area contributed by atoms with E-state index in [1.807, 2.05) is 74.5 Å². The molecule has 0 spiro atoms. The van der Waals surface area contributed by atoms with Crippen molar-refractivity contribution in [1.82, 2.24) is 14.5 Å². The van der Waals surface area contributed by atoms with Gasteiger partial charge in [-0.25, -0.2) is 4.98 Å². The zero-order chi connectivity index (χ0) is 21.5. The van der Waals surface area contributed by atoms with E-state index in [0.717, 1.165) is 33.3 Å². The monoisotopic (exact) mass is 445 g/mol. The minimum Gasteiger partial charge on any atom is -0.349 e. The summed E-state index contributed by atoms with van der Waals surface area (Å²) in [5.41, 5.74) is 5.98. The predicted molar refractivity (Wildman–Crippen MR) is 130 cm³/mol. The summed E-state index contributed by atoms with van der Waals surface area (Å²) in [5, 5.41) is 2.31. The number of thioether (sulfide) groups is 1. The van der Waals surface area contributed by atoms with Gasteiger partial charge in [-0.15, -0.1) is 0 Å². The molecule has 0 radical (unpaired) electrons. The summed E-state index contributed by atoms with van der Waals surface area (Å²) in [6.07, 6.45) is 0. The molecule has 0 fully saturated rings. The number of aromatic nitrogens is 3. The number of aryl methyl sites for hydroxylation is 2. The van der Waals surface area contributed by atoms with Crippen LogP contribution in [0.15, 0.2) is 76.7 Å². The normalized spacial score (nSPS) is 11.5. The maximum absolute atomic E-state index is 13.7. The summed E-state index contributed by atoms with van der Waals surface area (Å²) < 4.78 is 1.72. The first-order chi connectivity index (χ1) is 15.0. The average molecular weight is 446 g/mol. The van der Waals surface area contributed by atoms with Crippen LogP contribution in [0.4, 0.5) is 0 Å². The first-order valence-electron chi connectivity index (χ1n) is 10.0. The van der Waals surface area contributed by atoms with Crippen LogP contribution in [0.2, 0.25) is 5.02 Å². The molecule has 0 aliphatic carbocycles. The van der Waals surface area contributed by atoms with Crippen molar-refractivity contribution in [3.63, 3.8) is 0 Å². The summed E-state index contributed by atoms with van der Waals surface area (Å²) in [5.74, 6) is 0.616. The molecular formula is C25H20ClN3OS. The fourth-order valence-corrected chi connectivity index (χ4v) is 5.05. The molecule has 5 aromatic rings. The van der Waals surface area contributed by atoms with Gasteiger partial charge in [-0.1, -0.05) is 71.9 Å². The Balaban J connectivity index is 1.76. The summed E-state index contributed by atoms with van der Waals surface area (Å²) in [6, 6.07) is 21.8. The molecule has 2 heterocycles. The number of halogens is 1. The van der Waals surface area contributed by atoms with E-state index in [0.29, 0.717) is 27.0 Å². The van der Waals surface area contributed by atoms with Crippen molar-refractivity contribution < 1.29 is 0 Å². The van der Waals surface area contributed by atoms with E-state index in [4.69, 9.17) is 16.6 Å². The third-order valence-electron chi connectivity index (χ3n) is 5.41. The lowest BCUT2D eigenvalue weighted by atomic mass is 10.1. The number of hydrogen-bond acceptors (Lipinski definition) is 3. The Hall–Kier alpha value is -3.02. The van der Waals surface area contributed by atoms with Crippen molar-refractivity contribution in [3.8, 4) is 5.69 Å². The van der Waals surface area contributed by atoms with Crippen molar-refractivity contribution in [3.05, 3.63) is 98.8 Å². The fraction of sp³-hybridized carbons (Fsp3) is 0.120. The molecule has 2 aromatic heterocycles. The van der Waals surface area contributed by atoms with Crippen molar-refractivity contribution in [1.29, 1.82) is 0 Å². The lowest BCUT2D eigenvalue weighted by molar-refractivity contribution is 0.812. The molecule has 0 amide bonds. The SMILES string of the molecule is Cc1ccc(C)c(-n2c(SCc3ccccc3Cl)nc3c([nH]c4ccccc43)c2=O)c1. The number of rotatable bonds is 4. The molecule has 4 nitrogen and oxygen atoms in total. The number of nitrogens with zero attached hydrogens (tertiary/aromatic N) is 2. The van der Waals surface area contributed by atoms with Gasteiger partial charge in [-0.2, -0.15) is 0 Å². The van der Waals surface area contributed by atoms with E-state index in [1.165, 1.54) is 11.8 Å². The molecule has 0 atom stereocenters. The second-order valence-electron chi connectivity index (χ2n) is 7.60. The van der Waals surface area contributed by atoms with Gasteiger partial charge in [-0.3, -0.25) is 9.36 Å². The predicted octanol–water partition coefficient (Wildman–Crippen LogP) is 6.43. The Bertz CT molecular complexity index is 1500. The number of H-pyrrole nitrogens is 1. The minimum atomic E-state index is -0.100. The smallest absolute Gasteiger partial charge is 0.283 e. The van der Waals surface area contributed by atoms with E-state index in [9.17, 15) is 4.79 Å². The van der Waals surface area contributed by atoms with Gasteiger partial charge in [0, 0.05) is 21.7 Å². The molecule has 0 aliphatic rings. The maximum Gasteiger partial charge on any atom is 0.283 e. The van der Waals surface area contributed by atoms with Crippen LogP contribution in [-0.2, 0) is 5.75 Å². The van der Waals surface area contributed by atoms with E-state index in [1.54, 1.807) is 4.57 Å². The third kappa shape index (κ3) is 3.54. The van der Waals surface area contributed by atoms with E-state index in [2.05, 4.69) is 11.1 Å². The van der Waals surface area contributed by atoms with Crippen LogP contribution in [0.1, 0.15) is 16.7 Å². The van der Waals surface area contributed by atoms with Crippen LogP contribution in [-0.4, -0.2) is 14.5 Å². The number of nitrogens with one attached hydrogen (secondary N) is 1. The highest BCUT2D eigenvalue weighted by Gasteiger charge is 2.18. The molecule has 31 heavy (non-hydrogen) atoms. The molecule has 0 bridgehead atoms. The fourth-order valence-electron chi connectivity index (χ4n) is 3.77. The maximum atomic E-state index is 13.7. The first-order valence-corrected chi connectivity index (χ1v) is 11.4. The van der Waals surface area contributed by atoms with Gasteiger partial charge >= 0.3 is 0 Å². The van der Waals surface area contributed by atoms with Crippen LogP contribution in [0.25, 0.3) is 27.6 Å². The third-order valence-corrected chi connectivity index (χ3v) is 6.77. The molecule has 1 N–H and O–H groups in total. The van der Waals surface area contributed by atoms with Gasteiger partial charge in [-0.05, 0) is 48.7 Å². The average Bonchev–Trinajstić information content (AvgIpc) is 3.14. The summed E-state index contributed by atoms with van der Waals surface area (Å²) >= 11 is 7.89.